The Morgan fingerprint density at radius 3 is 2.22 bits per heavy atom. The third-order valence-corrected chi connectivity index (χ3v) is 7.90. The Labute approximate surface area is 216 Å². The first-order chi connectivity index (χ1) is 17.5. The molecule has 3 amide bonds. The number of nitrogens with two attached hydrogens (primary N) is 2. The standard InChI is InChI=1S/C26H36N8O3/c1-24(2,28)21(35)32-9-11-33(12-10-32)22(36)30-20-7-8-34(23(37)31-20)19-5-3-18(4-6-19)13-29-26-14-25(15-26,16-26)17-27/h3-8,29H,9-17,27-28H2,1-2H3,(H,30,31,36,37). The van der Waals surface area contributed by atoms with Crippen LogP contribution in [0.15, 0.2) is 41.3 Å². The maximum Gasteiger partial charge on any atom is 0.354 e. The van der Waals surface area contributed by atoms with Gasteiger partial charge in [-0.1, -0.05) is 12.1 Å². The molecule has 3 saturated carbocycles. The molecule has 1 aliphatic heterocycles. The Balaban J connectivity index is 1.13. The molecule has 1 aromatic carbocycles. The first kappa shape index (κ1) is 25.4. The molecule has 3 aliphatic carbocycles. The van der Waals surface area contributed by atoms with Crippen LogP contribution in [-0.2, 0) is 11.3 Å². The molecular formula is C26H36N8O3. The summed E-state index contributed by atoms with van der Waals surface area (Å²) in [6.07, 6.45) is 5.11. The smallest absolute Gasteiger partial charge is 0.338 e. The van der Waals surface area contributed by atoms with Crippen molar-refractivity contribution in [3.63, 3.8) is 0 Å². The predicted molar refractivity (Wildman–Crippen MR) is 140 cm³/mol. The topological polar surface area (TPSA) is 152 Å². The van der Waals surface area contributed by atoms with Crippen LogP contribution in [-0.4, -0.2) is 75.1 Å². The van der Waals surface area contributed by atoms with Crippen LogP contribution in [0.25, 0.3) is 5.69 Å². The highest BCUT2D eigenvalue weighted by Gasteiger charge is 2.66. The van der Waals surface area contributed by atoms with E-state index in [9.17, 15) is 14.4 Å². The molecule has 0 atom stereocenters. The van der Waals surface area contributed by atoms with Crippen LogP contribution in [0.3, 0.4) is 0 Å². The monoisotopic (exact) mass is 508 g/mol. The van der Waals surface area contributed by atoms with Gasteiger partial charge in [0.2, 0.25) is 5.91 Å². The fourth-order valence-corrected chi connectivity index (χ4v) is 5.84. The average molecular weight is 509 g/mol. The summed E-state index contributed by atoms with van der Waals surface area (Å²) in [5, 5.41) is 6.35. The molecule has 2 heterocycles. The minimum Gasteiger partial charge on any atom is -0.338 e. The highest BCUT2D eigenvalue weighted by atomic mass is 16.2. The molecule has 1 aromatic heterocycles. The summed E-state index contributed by atoms with van der Waals surface area (Å²) >= 11 is 0. The van der Waals surface area contributed by atoms with Gasteiger partial charge in [-0.15, -0.1) is 0 Å². The maximum absolute atomic E-state index is 12.7. The second kappa shape index (κ2) is 9.23. The lowest BCUT2D eigenvalue weighted by molar-refractivity contribution is -0.147. The molecule has 0 radical (unpaired) electrons. The molecule has 0 spiro atoms. The molecule has 6 rings (SSSR count). The van der Waals surface area contributed by atoms with Crippen molar-refractivity contribution in [1.82, 2.24) is 24.7 Å². The number of rotatable bonds is 7. The second-order valence-corrected chi connectivity index (χ2v) is 11.4. The van der Waals surface area contributed by atoms with E-state index in [4.69, 9.17) is 11.5 Å². The van der Waals surface area contributed by atoms with E-state index in [1.165, 1.54) is 23.8 Å². The zero-order chi connectivity index (χ0) is 26.4. The van der Waals surface area contributed by atoms with Gasteiger partial charge in [0.15, 0.2) is 0 Å². The number of benzene rings is 1. The lowest BCUT2D eigenvalue weighted by atomic mass is 9.39. The van der Waals surface area contributed by atoms with Gasteiger partial charge >= 0.3 is 11.7 Å². The number of carbonyl (C=O) groups excluding carboxylic acids is 2. The quantitative estimate of drug-likeness (QED) is 0.428. The van der Waals surface area contributed by atoms with Crippen LogP contribution in [0, 0.1) is 5.41 Å². The van der Waals surface area contributed by atoms with Crippen molar-refractivity contribution < 1.29 is 9.59 Å². The van der Waals surface area contributed by atoms with Gasteiger partial charge in [0, 0.05) is 44.5 Å². The highest BCUT2D eigenvalue weighted by molar-refractivity contribution is 5.89. The summed E-state index contributed by atoms with van der Waals surface area (Å²) in [6.45, 7) is 6.47. The van der Waals surface area contributed by atoms with Gasteiger partial charge in [0.25, 0.3) is 0 Å². The van der Waals surface area contributed by atoms with Crippen molar-refractivity contribution in [3.8, 4) is 5.69 Å². The van der Waals surface area contributed by atoms with E-state index in [1.807, 2.05) is 24.3 Å². The third-order valence-electron chi connectivity index (χ3n) is 7.90. The van der Waals surface area contributed by atoms with E-state index >= 15 is 0 Å². The molecule has 4 aliphatic rings. The van der Waals surface area contributed by atoms with Crippen LogP contribution in [0.5, 0.6) is 0 Å². The van der Waals surface area contributed by atoms with E-state index in [2.05, 4.69) is 15.6 Å². The van der Waals surface area contributed by atoms with Crippen molar-refractivity contribution >= 4 is 17.8 Å². The van der Waals surface area contributed by atoms with Crippen LogP contribution in [0.4, 0.5) is 10.6 Å². The first-order valence-electron chi connectivity index (χ1n) is 12.8. The second-order valence-electron chi connectivity index (χ2n) is 11.4. The minimum atomic E-state index is -0.945. The molecule has 6 N–H and O–H groups in total. The number of hydrogen-bond donors (Lipinski definition) is 4. The molecule has 2 aromatic rings. The molecule has 2 bridgehead atoms. The van der Waals surface area contributed by atoms with E-state index in [0.717, 1.165) is 18.7 Å². The molecule has 0 unspecified atom stereocenters. The molecular weight excluding hydrogens is 472 g/mol. The highest BCUT2D eigenvalue weighted by Crippen LogP contribution is 2.66. The van der Waals surface area contributed by atoms with Crippen molar-refractivity contribution in [2.45, 2.75) is 50.7 Å². The van der Waals surface area contributed by atoms with Crippen LogP contribution in [0.2, 0.25) is 0 Å². The summed E-state index contributed by atoms with van der Waals surface area (Å²) in [6, 6.07) is 9.04. The predicted octanol–water partition coefficient (Wildman–Crippen LogP) is 0.617. The number of amides is 3. The summed E-state index contributed by atoms with van der Waals surface area (Å²) in [5.74, 6) is 0.0413. The average Bonchev–Trinajstić information content (AvgIpc) is 2.82. The van der Waals surface area contributed by atoms with Gasteiger partial charge in [0.1, 0.15) is 5.82 Å². The van der Waals surface area contributed by atoms with E-state index in [-0.39, 0.29) is 23.3 Å². The van der Waals surface area contributed by atoms with Gasteiger partial charge in [-0.05, 0) is 68.8 Å². The Kier molecular flexibility index (Phi) is 6.33. The lowest BCUT2D eigenvalue weighted by Gasteiger charge is -2.71. The zero-order valence-corrected chi connectivity index (χ0v) is 21.5. The Morgan fingerprint density at radius 1 is 1.03 bits per heavy atom. The number of nitrogens with zero attached hydrogens (tertiary/aromatic N) is 4. The van der Waals surface area contributed by atoms with Crippen LogP contribution in [0.1, 0.15) is 38.7 Å². The van der Waals surface area contributed by atoms with E-state index in [0.29, 0.717) is 37.3 Å². The number of carbonyl (C=O) groups is 2. The van der Waals surface area contributed by atoms with Gasteiger partial charge in [-0.25, -0.2) is 9.59 Å². The minimum absolute atomic E-state index is 0.142. The number of anilines is 1. The Hall–Kier alpha value is -3.28. The van der Waals surface area contributed by atoms with Gasteiger partial charge < -0.3 is 26.6 Å². The van der Waals surface area contributed by atoms with E-state index < -0.39 is 11.2 Å². The fraction of sp³-hybridized carbons (Fsp3) is 0.538. The fourth-order valence-electron chi connectivity index (χ4n) is 5.84. The number of aromatic nitrogens is 2. The Bertz CT molecular complexity index is 1220. The van der Waals surface area contributed by atoms with Gasteiger partial charge in [-0.3, -0.25) is 14.7 Å². The van der Waals surface area contributed by atoms with Crippen molar-refractivity contribution in [3.05, 3.63) is 52.6 Å². The molecule has 198 valence electrons. The number of urea groups is 1. The number of hydrogen-bond acceptors (Lipinski definition) is 7. The molecule has 11 nitrogen and oxygen atoms in total. The van der Waals surface area contributed by atoms with Crippen molar-refractivity contribution in [2.75, 3.05) is 38.0 Å². The maximum atomic E-state index is 12.7. The van der Waals surface area contributed by atoms with Gasteiger partial charge in [-0.2, -0.15) is 4.98 Å². The lowest BCUT2D eigenvalue weighted by Crippen LogP contribution is -2.75. The van der Waals surface area contributed by atoms with Crippen molar-refractivity contribution in [2.24, 2.45) is 16.9 Å². The number of piperazine rings is 1. The largest absolute Gasteiger partial charge is 0.354 e. The Morgan fingerprint density at radius 2 is 1.65 bits per heavy atom. The summed E-state index contributed by atoms with van der Waals surface area (Å²) in [4.78, 5) is 45.0. The van der Waals surface area contributed by atoms with Crippen LogP contribution < -0.4 is 27.8 Å². The SMILES string of the molecule is CC(C)(N)C(=O)N1CCN(C(=O)Nc2ccn(-c3ccc(CNC45CC(CN)(C4)C5)cc3)c(=O)n2)CC1. The van der Waals surface area contributed by atoms with E-state index in [1.54, 1.807) is 35.9 Å². The van der Waals surface area contributed by atoms with Crippen molar-refractivity contribution in [1.29, 1.82) is 0 Å². The first-order valence-corrected chi connectivity index (χ1v) is 12.8. The number of nitrogens with one attached hydrogen (secondary N) is 2. The molecule has 1 saturated heterocycles. The third kappa shape index (κ3) is 4.98. The summed E-state index contributed by atoms with van der Waals surface area (Å²) in [7, 11) is 0. The summed E-state index contributed by atoms with van der Waals surface area (Å²) < 4.78 is 1.44. The summed E-state index contributed by atoms with van der Waals surface area (Å²) in [5.41, 5.74) is 12.8. The van der Waals surface area contributed by atoms with Crippen LogP contribution >= 0.6 is 0 Å². The molecule has 37 heavy (non-hydrogen) atoms. The molecule has 11 heteroatoms. The zero-order valence-electron chi connectivity index (χ0n) is 21.5. The molecule has 4 fully saturated rings. The normalized spacial score (nSPS) is 24.8. The van der Waals surface area contributed by atoms with Gasteiger partial charge in [0.05, 0.1) is 11.2 Å².